The van der Waals surface area contributed by atoms with Crippen LogP contribution in [0.5, 0.6) is 0 Å². The first-order chi connectivity index (χ1) is 10.2. The lowest BCUT2D eigenvalue weighted by molar-refractivity contribution is 0.0259. The van der Waals surface area contributed by atoms with E-state index < -0.39 is 5.60 Å². The zero-order chi connectivity index (χ0) is 15.1. The molecule has 21 heavy (non-hydrogen) atoms. The fourth-order valence-electron chi connectivity index (χ4n) is 3.31. The Kier molecular flexibility index (Phi) is 6.22. The molecular weight excluding hydrogens is 260 g/mol. The van der Waals surface area contributed by atoms with E-state index in [0.717, 1.165) is 31.1 Å². The molecule has 0 aliphatic carbocycles. The molecule has 3 N–H and O–H groups in total. The van der Waals surface area contributed by atoms with E-state index >= 15 is 0 Å². The van der Waals surface area contributed by atoms with Gasteiger partial charge in [-0.1, -0.05) is 43.7 Å². The topological polar surface area (TPSA) is 49.5 Å². The molecule has 1 aliphatic heterocycles. The van der Waals surface area contributed by atoms with E-state index in [-0.39, 0.29) is 6.54 Å². The van der Waals surface area contributed by atoms with Crippen LogP contribution in [-0.4, -0.2) is 36.2 Å². The lowest BCUT2D eigenvalue weighted by atomic mass is 9.90. The van der Waals surface area contributed by atoms with Crippen molar-refractivity contribution in [3.8, 4) is 0 Å². The first-order valence-corrected chi connectivity index (χ1v) is 8.38. The van der Waals surface area contributed by atoms with Crippen LogP contribution in [0.2, 0.25) is 0 Å². The normalized spacial score (nSPS) is 23.5. The molecule has 3 heteroatoms. The Morgan fingerprint density at radius 1 is 1.24 bits per heavy atom. The zero-order valence-electron chi connectivity index (χ0n) is 13.3. The van der Waals surface area contributed by atoms with Gasteiger partial charge in [-0.3, -0.25) is 0 Å². The first kappa shape index (κ1) is 16.5. The van der Waals surface area contributed by atoms with E-state index in [0.29, 0.717) is 6.42 Å². The highest BCUT2D eigenvalue weighted by molar-refractivity contribution is 5.22. The van der Waals surface area contributed by atoms with E-state index in [1.807, 2.05) is 30.3 Å². The Labute approximate surface area is 129 Å². The van der Waals surface area contributed by atoms with Gasteiger partial charge in [-0.25, -0.2) is 0 Å². The van der Waals surface area contributed by atoms with Gasteiger partial charge in [0.25, 0.3) is 0 Å². The fraction of sp³-hybridized carbons (Fsp3) is 0.667. The van der Waals surface area contributed by atoms with Crippen LogP contribution in [0.25, 0.3) is 0 Å². The quantitative estimate of drug-likeness (QED) is 0.847. The maximum Gasteiger partial charge on any atom is 0.103 e. The summed E-state index contributed by atoms with van der Waals surface area (Å²) >= 11 is 0. The molecule has 0 radical (unpaired) electrons. The number of hydrogen-bond donors (Lipinski definition) is 2. The van der Waals surface area contributed by atoms with Crippen molar-refractivity contribution in [2.45, 2.75) is 44.6 Å². The van der Waals surface area contributed by atoms with Gasteiger partial charge in [0.1, 0.15) is 5.60 Å². The van der Waals surface area contributed by atoms with Crippen LogP contribution in [0.15, 0.2) is 30.3 Å². The van der Waals surface area contributed by atoms with Crippen molar-refractivity contribution in [3.05, 3.63) is 35.9 Å². The van der Waals surface area contributed by atoms with Crippen molar-refractivity contribution in [3.63, 3.8) is 0 Å². The van der Waals surface area contributed by atoms with Crippen molar-refractivity contribution in [2.75, 3.05) is 26.2 Å². The van der Waals surface area contributed by atoms with Crippen LogP contribution in [0.1, 0.15) is 44.6 Å². The van der Waals surface area contributed by atoms with Crippen LogP contribution >= 0.6 is 0 Å². The van der Waals surface area contributed by atoms with Crippen molar-refractivity contribution in [1.82, 2.24) is 4.90 Å². The summed E-state index contributed by atoms with van der Waals surface area (Å²) in [6, 6.07) is 9.85. The van der Waals surface area contributed by atoms with Crippen molar-refractivity contribution < 1.29 is 5.11 Å². The predicted octanol–water partition coefficient (Wildman–Crippen LogP) is 2.74. The molecule has 3 nitrogen and oxygen atoms in total. The van der Waals surface area contributed by atoms with Gasteiger partial charge in [0, 0.05) is 13.1 Å². The summed E-state index contributed by atoms with van der Waals surface area (Å²) in [4.78, 5) is 2.50. The molecule has 1 saturated heterocycles. The summed E-state index contributed by atoms with van der Waals surface area (Å²) in [5.74, 6) is 0.887. The van der Waals surface area contributed by atoms with Crippen LogP contribution < -0.4 is 5.73 Å². The highest BCUT2D eigenvalue weighted by Crippen LogP contribution is 2.26. The number of rotatable bonds is 6. The Hall–Kier alpha value is -0.900. The molecule has 2 unspecified atom stereocenters. The lowest BCUT2D eigenvalue weighted by Crippen LogP contribution is -2.39. The third-order valence-corrected chi connectivity index (χ3v) is 5.01. The van der Waals surface area contributed by atoms with Crippen LogP contribution in [0.4, 0.5) is 0 Å². The Morgan fingerprint density at radius 2 is 2.00 bits per heavy atom. The van der Waals surface area contributed by atoms with Gasteiger partial charge < -0.3 is 15.7 Å². The minimum Gasteiger partial charge on any atom is -0.384 e. The second-order valence-corrected chi connectivity index (χ2v) is 6.40. The van der Waals surface area contributed by atoms with Crippen LogP contribution in [0.3, 0.4) is 0 Å². The molecule has 1 aromatic carbocycles. The van der Waals surface area contributed by atoms with Gasteiger partial charge in [-0.15, -0.1) is 0 Å². The number of benzene rings is 1. The van der Waals surface area contributed by atoms with Gasteiger partial charge in [-0.2, -0.15) is 0 Å². The summed E-state index contributed by atoms with van der Waals surface area (Å²) in [7, 11) is 0. The molecule has 2 rings (SSSR count). The number of aliphatic hydroxyl groups is 1. The SMILES string of the molecule is CCC1CCCN(CCC(O)(CN)c2ccccc2)CC1. The summed E-state index contributed by atoms with van der Waals surface area (Å²) in [6.07, 6.45) is 5.94. The van der Waals surface area contributed by atoms with Gasteiger partial charge in [-0.05, 0) is 50.3 Å². The maximum absolute atomic E-state index is 10.8. The largest absolute Gasteiger partial charge is 0.384 e. The van der Waals surface area contributed by atoms with Gasteiger partial charge in [0.2, 0.25) is 0 Å². The number of likely N-dealkylation sites (tertiary alicyclic amines) is 1. The van der Waals surface area contributed by atoms with Crippen molar-refractivity contribution in [1.29, 1.82) is 0 Å². The highest BCUT2D eigenvalue weighted by atomic mass is 16.3. The first-order valence-electron chi connectivity index (χ1n) is 8.38. The highest BCUT2D eigenvalue weighted by Gasteiger charge is 2.28. The fourth-order valence-corrected chi connectivity index (χ4v) is 3.31. The zero-order valence-corrected chi connectivity index (χ0v) is 13.3. The Morgan fingerprint density at radius 3 is 2.67 bits per heavy atom. The molecule has 0 bridgehead atoms. The standard InChI is InChI=1S/C18H30N2O/c1-2-16-7-6-12-20(13-10-16)14-11-18(21,15-19)17-8-4-3-5-9-17/h3-5,8-9,16,21H,2,6-7,10-15,19H2,1H3. The predicted molar refractivity (Wildman–Crippen MR) is 88.1 cm³/mol. The molecule has 1 heterocycles. The summed E-state index contributed by atoms with van der Waals surface area (Å²) < 4.78 is 0. The van der Waals surface area contributed by atoms with Crippen molar-refractivity contribution in [2.24, 2.45) is 11.7 Å². The average molecular weight is 290 g/mol. The monoisotopic (exact) mass is 290 g/mol. The third-order valence-electron chi connectivity index (χ3n) is 5.01. The Bertz CT molecular complexity index is 409. The van der Waals surface area contributed by atoms with E-state index in [1.54, 1.807) is 0 Å². The molecule has 118 valence electrons. The number of nitrogens with zero attached hydrogens (tertiary/aromatic N) is 1. The molecule has 1 aliphatic rings. The molecular formula is C18H30N2O. The van der Waals surface area contributed by atoms with Crippen LogP contribution in [0, 0.1) is 5.92 Å². The second kappa shape index (κ2) is 7.92. The molecule has 0 spiro atoms. The third kappa shape index (κ3) is 4.53. The van der Waals surface area contributed by atoms with Crippen LogP contribution in [-0.2, 0) is 5.60 Å². The average Bonchev–Trinajstić information content (AvgIpc) is 2.78. The van der Waals surface area contributed by atoms with E-state index in [2.05, 4.69) is 11.8 Å². The van der Waals surface area contributed by atoms with E-state index in [4.69, 9.17) is 5.73 Å². The van der Waals surface area contributed by atoms with Gasteiger partial charge >= 0.3 is 0 Å². The second-order valence-electron chi connectivity index (χ2n) is 6.40. The molecule has 0 aromatic heterocycles. The Balaban J connectivity index is 1.91. The summed E-state index contributed by atoms with van der Waals surface area (Å²) in [6.45, 7) is 5.82. The summed E-state index contributed by atoms with van der Waals surface area (Å²) in [5, 5.41) is 10.8. The van der Waals surface area contributed by atoms with Gasteiger partial charge in [0.05, 0.1) is 0 Å². The molecule has 0 saturated carbocycles. The lowest BCUT2D eigenvalue weighted by Gasteiger charge is -2.30. The number of nitrogens with two attached hydrogens (primary N) is 1. The van der Waals surface area contributed by atoms with Gasteiger partial charge in [0.15, 0.2) is 0 Å². The molecule has 0 amide bonds. The molecule has 1 aromatic rings. The van der Waals surface area contributed by atoms with Crippen molar-refractivity contribution >= 4 is 0 Å². The smallest absolute Gasteiger partial charge is 0.103 e. The van der Waals surface area contributed by atoms with E-state index in [1.165, 1.54) is 25.7 Å². The minimum absolute atomic E-state index is 0.280. The van der Waals surface area contributed by atoms with E-state index in [9.17, 15) is 5.11 Å². The molecule has 2 atom stereocenters. The molecule has 1 fully saturated rings. The maximum atomic E-state index is 10.8. The minimum atomic E-state index is -0.891. The number of hydrogen-bond acceptors (Lipinski definition) is 3. The summed E-state index contributed by atoms with van der Waals surface area (Å²) in [5.41, 5.74) is 5.91.